The first-order valence-corrected chi connectivity index (χ1v) is 9.03. The number of nitrogens with zero attached hydrogens (tertiary/aromatic N) is 2. The molecule has 0 unspecified atom stereocenters. The number of halogens is 2. The number of hydrogen-bond donors (Lipinski definition) is 3. The molecule has 0 bridgehead atoms. The highest BCUT2D eigenvalue weighted by atomic mass is 35.5. The third-order valence-corrected chi connectivity index (χ3v) is 4.57. The Morgan fingerprint density at radius 2 is 1.72 bits per heavy atom. The van der Waals surface area contributed by atoms with Crippen molar-refractivity contribution in [1.29, 1.82) is 0 Å². The standard InChI is InChI=1S/C19H15Cl2N5O3/c1-23-19(29)15-16(17(22)27)26(9-24-15)12-5-3-11(4-6-12)25-18(28)13-7-2-10(20)8-14(13)21/h2-9H,1H3,(H2,22,27)(H,23,29)(H,25,28). The van der Waals surface area contributed by atoms with E-state index in [-0.39, 0.29) is 22.0 Å². The fraction of sp³-hybridized carbons (Fsp3) is 0.0526. The number of benzene rings is 2. The summed E-state index contributed by atoms with van der Waals surface area (Å²) in [6, 6.07) is 11.1. The molecule has 0 saturated carbocycles. The molecule has 0 spiro atoms. The first-order valence-electron chi connectivity index (χ1n) is 8.28. The van der Waals surface area contributed by atoms with Gasteiger partial charge >= 0.3 is 0 Å². The van der Waals surface area contributed by atoms with E-state index in [0.29, 0.717) is 16.4 Å². The summed E-state index contributed by atoms with van der Waals surface area (Å²) >= 11 is 11.9. The molecule has 0 aliphatic heterocycles. The maximum atomic E-state index is 12.4. The molecule has 148 valence electrons. The Morgan fingerprint density at radius 1 is 1.03 bits per heavy atom. The Bertz CT molecular complexity index is 1110. The van der Waals surface area contributed by atoms with E-state index in [2.05, 4.69) is 15.6 Å². The molecule has 29 heavy (non-hydrogen) atoms. The second-order valence-electron chi connectivity index (χ2n) is 5.88. The summed E-state index contributed by atoms with van der Waals surface area (Å²) in [5.74, 6) is -1.72. The minimum absolute atomic E-state index is 0.0471. The van der Waals surface area contributed by atoms with Gasteiger partial charge in [0.2, 0.25) is 0 Å². The summed E-state index contributed by atoms with van der Waals surface area (Å²) in [6.07, 6.45) is 1.33. The molecule has 1 aromatic heterocycles. The molecule has 8 nitrogen and oxygen atoms in total. The molecule has 4 N–H and O–H groups in total. The van der Waals surface area contributed by atoms with Crippen molar-refractivity contribution in [3.8, 4) is 5.69 Å². The first-order chi connectivity index (χ1) is 13.8. The Labute approximate surface area is 175 Å². The fourth-order valence-electron chi connectivity index (χ4n) is 2.64. The number of primary amides is 1. The number of amides is 3. The van der Waals surface area contributed by atoms with Crippen LogP contribution in [0.15, 0.2) is 48.8 Å². The van der Waals surface area contributed by atoms with E-state index in [1.807, 2.05) is 0 Å². The molecular formula is C19H15Cl2N5O3. The fourth-order valence-corrected chi connectivity index (χ4v) is 3.14. The molecule has 0 fully saturated rings. The average Bonchev–Trinajstić information content (AvgIpc) is 3.13. The smallest absolute Gasteiger partial charge is 0.272 e. The number of anilines is 1. The van der Waals surface area contributed by atoms with Crippen LogP contribution < -0.4 is 16.4 Å². The summed E-state index contributed by atoms with van der Waals surface area (Å²) in [5, 5.41) is 5.79. The van der Waals surface area contributed by atoms with E-state index in [0.717, 1.165) is 0 Å². The first kappa shape index (κ1) is 20.4. The summed E-state index contributed by atoms with van der Waals surface area (Å²) in [6.45, 7) is 0. The van der Waals surface area contributed by atoms with Gasteiger partial charge in [0.1, 0.15) is 12.0 Å². The van der Waals surface area contributed by atoms with Gasteiger partial charge in [-0.05, 0) is 42.5 Å². The highest BCUT2D eigenvalue weighted by Crippen LogP contribution is 2.23. The van der Waals surface area contributed by atoms with Crippen LogP contribution in [-0.4, -0.2) is 34.3 Å². The van der Waals surface area contributed by atoms with Crippen LogP contribution in [0.5, 0.6) is 0 Å². The molecule has 1 heterocycles. The van der Waals surface area contributed by atoms with Crippen molar-refractivity contribution in [2.75, 3.05) is 12.4 Å². The monoisotopic (exact) mass is 431 g/mol. The van der Waals surface area contributed by atoms with E-state index in [4.69, 9.17) is 28.9 Å². The topological polar surface area (TPSA) is 119 Å². The molecule has 0 aliphatic rings. The van der Waals surface area contributed by atoms with Gasteiger partial charge in [0.05, 0.1) is 10.6 Å². The Balaban J connectivity index is 1.86. The molecule has 10 heteroatoms. The van der Waals surface area contributed by atoms with E-state index in [1.54, 1.807) is 30.3 Å². The molecule has 0 aliphatic carbocycles. The van der Waals surface area contributed by atoms with Crippen LogP contribution >= 0.6 is 23.2 Å². The number of carbonyl (C=O) groups excluding carboxylic acids is 3. The van der Waals surface area contributed by atoms with Crippen molar-refractivity contribution in [2.45, 2.75) is 0 Å². The molecule has 3 aromatic rings. The molecular weight excluding hydrogens is 417 g/mol. The van der Waals surface area contributed by atoms with Crippen LogP contribution in [0.3, 0.4) is 0 Å². The van der Waals surface area contributed by atoms with Gasteiger partial charge in [-0.3, -0.25) is 19.0 Å². The number of imidazole rings is 1. The third-order valence-electron chi connectivity index (χ3n) is 4.02. The second-order valence-corrected chi connectivity index (χ2v) is 6.72. The zero-order chi connectivity index (χ0) is 21.1. The largest absolute Gasteiger partial charge is 0.364 e. The van der Waals surface area contributed by atoms with Gasteiger partial charge in [-0.25, -0.2) is 4.98 Å². The maximum Gasteiger partial charge on any atom is 0.272 e. The second kappa shape index (κ2) is 8.34. The van der Waals surface area contributed by atoms with E-state index in [9.17, 15) is 14.4 Å². The van der Waals surface area contributed by atoms with Crippen LogP contribution in [0.2, 0.25) is 10.0 Å². The predicted octanol–water partition coefficient (Wildman–Crippen LogP) is 2.89. The van der Waals surface area contributed by atoms with Crippen molar-refractivity contribution in [1.82, 2.24) is 14.9 Å². The molecule has 3 rings (SSSR count). The zero-order valence-electron chi connectivity index (χ0n) is 15.1. The van der Waals surface area contributed by atoms with Gasteiger partial charge in [0, 0.05) is 23.4 Å². The molecule has 0 saturated heterocycles. The van der Waals surface area contributed by atoms with Crippen LogP contribution in [0, 0.1) is 0 Å². The quantitative estimate of drug-likeness (QED) is 0.574. The molecule has 2 aromatic carbocycles. The maximum absolute atomic E-state index is 12.4. The number of carbonyl (C=O) groups is 3. The van der Waals surface area contributed by atoms with Crippen molar-refractivity contribution in [3.05, 3.63) is 75.8 Å². The lowest BCUT2D eigenvalue weighted by atomic mass is 10.2. The zero-order valence-corrected chi connectivity index (χ0v) is 16.6. The van der Waals surface area contributed by atoms with Gasteiger partial charge in [0.25, 0.3) is 17.7 Å². The molecule has 3 amide bonds. The number of rotatable bonds is 5. The molecule has 0 radical (unpaired) electrons. The summed E-state index contributed by atoms with van der Waals surface area (Å²) in [4.78, 5) is 40.1. The van der Waals surface area contributed by atoms with Crippen LogP contribution in [0.4, 0.5) is 5.69 Å². The van der Waals surface area contributed by atoms with Gasteiger partial charge in [-0.15, -0.1) is 0 Å². The minimum atomic E-state index is -0.796. The summed E-state index contributed by atoms with van der Waals surface area (Å²) < 4.78 is 1.40. The van der Waals surface area contributed by atoms with Crippen molar-refractivity contribution >= 4 is 46.6 Å². The lowest BCUT2D eigenvalue weighted by molar-refractivity contribution is 0.0937. The highest BCUT2D eigenvalue weighted by Gasteiger charge is 2.22. The number of aromatic nitrogens is 2. The lowest BCUT2D eigenvalue weighted by Gasteiger charge is -2.10. The number of hydrogen-bond acceptors (Lipinski definition) is 4. The Kier molecular flexibility index (Phi) is 5.86. The van der Waals surface area contributed by atoms with Gasteiger partial charge in [0.15, 0.2) is 5.69 Å². The van der Waals surface area contributed by atoms with Crippen LogP contribution in [-0.2, 0) is 0 Å². The van der Waals surface area contributed by atoms with Crippen molar-refractivity contribution in [2.24, 2.45) is 5.73 Å². The Hall–Kier alpha value is -3.36. The number of nitrogens with one attached hydrogen (secondary N) is 2. The van der Waals surface area contributed by atoms with Gasteiger partial charge in [-0.1, -0.05) is 23.2 Å². The van der Waals surface area contributed by atoms with E-state index in [1.165, 1.54) is 30.1 Å². The predicted molar refractivity (Wildman–Crippen MR) is 110 cm³/mol. The number of nitrogens with two attached hydrogens (primary N) is 1. The lowest BCUT2D eigenvalue weighted by Crippen LogP contribution is -2.25. The third kappa shape index (κ3) is 4.23. The van der Waals surface area contributed by atoms with Gasteiger partial charge in [-0.2, -0.15) is 0 Å². The molecule has 0 atom stereocenters. The van der Waals surface area contributed by atoms with Crippen molar-refractivity contribution in [3.63, 3.8) is 0 Å². The van der Waals surface area contributed by atoms with Crippen LogP contribution in [0.1, 0.15) is 31.3 Å². The average molecular weight is 432 g/mol. The van der Waals surface area contributed by atoms with E-state index >= 15 is 0 Å². The highest BCUT2D eigenvalue weighted by molar-refractivity contribution is 6.37. The Morgan fingerprint density at radius 3 is 2.31 bits per heavy atom. The minimum Gasteiger partial charge on any atom is -0.364 e. The van der Waals surface area contributed by atoms with Crippen LogP contribution in [0.25, 0.3) is 5.69 Å². The summed E-state index contributed by atoms with van der Waals surface area (Å²) in [5.41, 5.74) is 6.60. The van der Waals surface area contributed by atoms with Gasteiger partial charge < -0.3 is 16.4 Å². The SMILES string of the molecule is CNC(=O)c1ncn(-c2ccc(NC(=O)c3ccc(Cl)cc3Cl)cc2)c1C(N)=O. The normalized spacial score (nSPS) is 10.4. The summed E-state index contributed by atoms with van der Waals surface area (Å²) in [7, 11) is 1.43. The van der Waals surface area contributed by atoms with E-state index < -0.39 is 17.7 Å². The van der Waals surface area contributed by atoms with Crippen molar-refractivity contribution < 1.29 is 14.4 Å².